The second-order valence-electron chi connectivity index (χ2n) is 4.56. The van der Waals surface area contributed by atoms with Gasteiger partial charge in [0.1, 0.15) is 12.2 Å². The Balaban J connectivity index is 2.03. The molecular weight excluding hydrogens is 260 g/mol. The zero-order valence-electron chi connectivity index (χ0n) is 11.4. The molecule has 106 valence electrons. The van der Waals surface area contributed by atoms with E-state index in [0.717, 1.165) is 6.42 Å². The first-order valence-corrected chi connectivity index (χ1v) is 6.67. The van der Waals surface area contributed by atoms with Gasteiger partial charge in [-0.3, -0.25) is 0 Å². The van der Waals surface area contributed by atoms with Crippen LogP contribution in [0.15, 0.2) is 12.4 Å². The highest BCUT2D eigenvalue weighted by Gasteiger charge is 2.22. The molecule has 1 aliphatic rings. The molecule has 3 rings (SSSR count). The van der Waals surface area contributed by atoms with Crippen LogP contribution in [0.25, 0.3) is 5.65 Å². The molecule has 1 N–H and O–H groups in total. The van der Waals surface area contributed by atoms with Crippen LogP contribution in [0.5, 0.6) is 5.75 Å². The minimum atomic E-state index is -0.418. The van der Waals surface area contributed by atoms with Crippen molar-refractivity contribution in [3.63, 3.8) is 0 Å². The maximum absolute atomic E-state index is 11.8. The van der Waals surface area contributed by atoms with Gasteiger partial charge in [0.25, 0.3) is 0 Å². The summed E-state index contributed by atoms with van der Waals surface area (Å²) in [6.45, 7) is 4.76. The summed E-state index contributed by atoms with van der Waals surface area (Å²) >= 11 is 0. The molecule has 0 radical (unpaired) electrons. The van der Waals surface area contributed by atoms with Gasteiger partial charge >= 0.3 is 5.97 Å². The molecule has 0 bridgehead atoms. The molecule has 0 saturated carbocycles. The van der Waals surface area contributed by atoms with Crippen LogP contribution in [-0.2, 0) is 4.74 Å². The van der Waals surface area contributed by atoms with E-state index >= 15 is 0 Å². The number of nitrogens with zero attached hydrogens (tertiary/aromatic N) is 3. The summed E-state index contributed by atoms with van der Waals surface area (Å²) in [5, 5.41) is 7.41. The molecule has 0 fully saturated rings. The first kappa shape index (κ1) is 12.7. The van der Waals surface area contributed by atoms with E-state index < -0.39 is 5.97 Å². The summed E-state index contributed by atoms with van der Waals surface area (Å²) in [7, 11) is 0. The Morgan fingerprint density at radius 2 is 2.45 bits per heavy atom. The molecule has 0 amide bonds. The molecule has 0 aliphatic carbocycles. The van der Waals surface area contributed by atoms with E-state index in [9.17, 15) is 4.79 Å². The highest BCUT2D eigenvalue weighted by Crippen LogP contribution is 2.28. The van der Waals surface area contributed by atoms with Crippen molar-refractivity contribution in [3.8, 4) is 5.75 Å². The zero-order valence-corrected chi connectivity index (χ0v) is 11.4. The van der Waals surface area contributed by atoms with Crippen LogP contribution in [0.1, 0.15) is 30.6 Å². The van der Waals surface area contributed by atoms with Crippen LogP contribution in [0.2, 0.25) is 0 Å². The number of hydrogen-bond donors (Lipinski definition) is 1. The topological polar surface area (TPSA) is 77.8 Å². The molecule has 0 aromatic carbocycles. The van der Waals surface area contributed by atoms with Gasteiger partial charge in [0.05, 0.1) is 25.0 Å². The maximum atomic E-state index is 11.8. The lowest BCUT2D eigenvalue weighted by Crippen LogP contribution is -2.31. The lowest BCUT2D eigenvalue weighted by Gasteiger charge is -2.25. The number of nitrogens with one attached hydrogen (secondary N) is 1. The van der Waals surface area contributed by atoms with Crippen LogP contribution in [0.4, 0.5) is 5.82 Å². The molecule has 0 unspecified atom stereocenters. The fourth-order valence-electron chi connectivity index (χ4n) is 2.10. The fourth-order valence-corrected chi connectivity index (χ4v) is 2.10. The van der Waals surface area contributed by atoms with Crippen LogP contribution in [0, 0.1) is 0 Å². The van der Waals surface area contributed by atoms with Gasteiger partial charge in [-0.2, -0.15) is 5.10 Å². The van der Waals surface area contributed by atoms with Gasteiger partial charge in [0.2, 0.25) is 0 Å². The number of hydrogen-bond acceptors (Lipinski definition) is 6. The number of ether oxygens (including phenoxy) is 2. The minimum absolute atomic E-state index is 0.228. The Bertz CT molecular complexity index is 652. The normalized spacial score (nSPS) is 17.2. The highest BCUT2D eigenvalue weighted by atomic mass is 16.5. The molecule has 20 heavy (non-hydrogen) atoms. The highest BCUT2D eigenvalue weighted by molar-refractivity contribution is 5.95. The Morgan fingerprint density at radius 3 is 3.20 bits per heavy atom. The molecule has 2 aromatic heterocycles. The second kappa shape index (κ2) is 4.99. The molecular formula is C13H16N4O3. The largest absolute Gasteiger partial charge is 0.486 e. The van der Waals surface area contributed by atoms with Crippen molar-refractivity contribution in [2.45, 2.75) is 26.3 Å². The molecule has 7 nitrogen and oxygen atoms in total. The number of aromatic nitrogens is 3. The minimum Gasteiger partial charge on any atom is -0.486 e. The summed E-state index contributed by atoms with van der Waals surface area (Å²) in [5.41, 5.74) is 0.824. The SMILES string of the molecule is CCOC(=O)c1cnn2cc3c(nc12)N[C@H](CC)CO3. The van der Waals surface area contributed by atoms with E-state index in [2.05, 4.69) is 22.3 Å². The third kappa shape index (κ3) is 2.04. The van der Waals surface area contributed by atoms with E-state index in [1.165, 1.54) is 10.7 Å². The predicted molar refractivity (Wildman–Crippen MR) is 72.1 cm³/mol. The monoisotopic (exact) mass is 276 g/mol. The number of carbonyl (C=O) groups excluding carboxylic acids is 1. The van der Waals surface area contributed by atoms with Crippen molar-refractivity contribution < 1.29 is 14.3 Å². The number of rotatable bonds is 3. The van der Waals surface area contributed by atoms with E-state index in [1.54, 1.807) is 13.1 Å². The maximum Gasteiger partial charge on any atom is 0.343 e. The fraction of sp³-hybridized carbons (Fsp3) is 0.462. The summed E-state index contributed by atoms with van der Waals surface area (Å²) in [5.74, 6) is 0.862. The van der Waals surface area contributed by atoms with Gasteiger partial charge in [-0.1, -0.05) is 6.92 Å². The van der Waals surface area contributed by atoms with Crippen molar-refractivity contribution in [1.82, 2.24) is 14.6 Å². The van der Waals surface area contributed by atoms with Crippen molar-refractivity contribution in [2.24, 2.45) is 0 Å². The van der Waals surface area contributed by atoms with Crippen LogP contribution in [0.3, 0.4) is 0 Å². The first-order valence-electron chi connectivity index (χ1n) is 6.67. The molecule has 3 heterocycles. The molecule has 0 saturated heterocycles. The van der Waals surface area contributed by atoms with Crippen LogP contribution < -0.4 is 10.1 Å². The quantitative estimate of drug-likeness (QED) is 0.856. The molecule has 0 spiro atoms. The Morgan fingerprint density at radius 1 is 1.60 bits per heavy atom. The average Bonchev–Trinajstić information content (AvgIpc) is 2.87. The first-order chi connectivity index (χ1) is 9.72. The zero-order chi connectivity index (χ0) is 14.1. The standard InChI is InChI=1S/C13H16N4O3/c1-3-8-7-20-10-6-17-12(16-11(10)15-8)9(5-14-17)13(18)19-4-2/h5-6,8H,3-4,7H2,1-2H3,(H,15,16)/t8-/m1/s1. The van der Waals surface area contributed by atoms with Gasteiger partial charge in [0.15, 0.2) is 17.2 Å². The van der Waals surface area contributed by atoms with E-state index in [1.807, 2.05) is 0 Å². The third-order valence-electron chi connectivity index (χ3n) is 3.23. The van der Waals surface area contributed by atoms with Crippen LogP contribution in [-0.4, -0.2) is 39.8 Å². The van der Waals surface area contributed by atoms with Gasteiger partial charge < -0.3 is 14.8 Å². The van der Waals surface area contributed by atoms with Crippen molar-refractivity contribution >= 4 is 17.4 Å². The lowest BCUT2D eigenvalue weighted by atomic mass is 10.2. The smallest absolute Gasteiger partial charge is 0.343 e. The summed E-state index contributed by atoms with van der Waals surface area (Å²) in [4.78, 5) is 16.3. The van der Waals surface area contributed by atoms with E-state index in [-0.39, 0.29) is 6.04 Å². The summed E-state index contributed by atoms with van der Waals surface area (Å²) in [6.07, 6.45) is 4.12. The van der Waals surface area contributed by atoms with Crippen LogP contribution >= 0.6 is 0 Å². The Labute approximate surface area is 115 Å². The Kier molecular flexibility index (Phi) is 3.17. The van der Waals surface area contributed by atoms with Gasteiger partial charge in [-0.15, -0.1) is 0 Å². The Hall–Kier alpha value is -2.31. The molecule has 7 heteroatoms. The lowest BCUT2D eigenvalue weighted by molar-refractivity contribution is 0.0528. The number of carbonyl (C=O) groups is 1. The molecule has 2 aromatic rings. The van der Waals surface area contributed by atoms with E-state index in [4.69, 9.17) is 9.47 Å². The van der Waals surface area contributed by atoms with Gasteiger partial charge in [0, 0.05) is 0 Å². The molecule has 1 atom stereocenters. The summed E-state index contributed by atoms with van der Waals surface area (Å²) < 4.78 is 12.2. The van der Waals surface area contributed by atoms with Gasteiger partial charge in [-0.25, -0.2) is 14.3 Å². The molecule has 1 aliphatic heterocycles. The number of esters is 1. The van der Waals surface area contributed by atoms with Gasteiger partial charge in [-0.05, 0) is 13.3 Å². The van der Waals surface area contributed by atoms with E-state index in [0.29, 0.717) is 36.0 Å². The number of fused-ring (bicyclic) bond motifs is 2. The average molecular weight is 276 g/mol. The van der Waals surface area contributed by atoms with Crippen molar-refractivity contribution in [2.75, 3.05) is 18.5 Å². The summed E-state index contributed by atoms with van der Waals surface area (Å²) in [6, 6.07) is 0.228. The van der Waals surface area contributed by atoms with Crippen molar-refractivity contribution in [3.05, 3.63) is 18.0 Å². The third-order valence-corrected chi connectivity index (χ3v) is 3.23. The van der Waals surface area contributed by atoms with Crippen molar-refractivity contribution in [1.29, 1.82) is 0 Å². The second-order valence-corrected chi connectivity index (χ2v) is 4.56. The predicted octanol–water partition coefficient (Wildman–Crippen LogP) is 1.49. The number of anilines is 1.